The second kappa shape index (κ2) is 47.5. The first kappa shape index (κ1) is 54.8. The Morgan fingerprint density at radius 3 is 0.725 bits per heavy atom. The molecule has 0 spiro atoms. The van der Waals surface area contributed by atoms with Crippen molar-refractivity contribution in [2.75, 3.05) is 13.1 Å². The topological polar surface area (TPSA) is 138 Å². The van der Waals surface area contributed by atoms with Crippen LogP contribution in [0.15, 0.2) is 0 Å². The van der Waals surface area contributed by atoms with Gasteiger partial charge in [-0.3, -0.25) is 9.59 Å². The standard InChI is InChI=1S/2C21H41NO3.Ba/c2*1-2-3-4-5-6-7-8-9-10-11-12-13-14-15-16-17-20(23)22-19-18-21(24)25;/h2*2-19H2,1H3,(H,22,23)(H,24,25);/q;;+2/p-2. The van der Waals surface area contributed by atoms with Crippen LogP contribution >= 0.6 is 0 Å². The quantitative estimate of drug-likeness (QED) is 0.0472. The first-order valence-corrected chi connectivity index (χ1v) is 21.3. The Kier molecular flexibility index (Phi) is 51.0. The van der Waals surface area contributed by atoms with Crippen LogP contribution in [-0.4, -0.2) is 85.7 Å². The van der Waals surface area contributed by atoms with Gasteiger partial charge < -0.3 is 30.4 Å². The van der Waals surface area contributed by atoms with Gasteiger partial charge in [0, 0.05) is 50.7 Å². The van der Waals surface area contributed by atoms with Crippen LogP contribution in [-0.2, 0) is 19.2 Å². The summed E-state index contributed by atoms with van der Waals surface area (Å²) in [7, 11) is 0. The van der Waals surface area contributed by atoms with Gasteiger partial charge >= 0.3 is 48.9 Å². The summed E-state index contributed by atoms with van der Waals surface area (Å²) in [6, 6.07) is 0. The maximum Gasteiger partial charge on any atom is 2.00 e. The number of carbonyl (C=O) groups excluding carboxylic acids is 4. The molecule has 8 nitrogen and oxygen atoms in total. The summed E-state index contributed by atoms with van der Waals surface area (Å²) < 4.78 is 0. The number of nitrogens with one attached hydrogen (secondary N) is 2. The van der Waals surface area contributed by atoms with E-state index >= 15 is 0 Å². The monoisotopic (exact) mass is 847 g/mol. The van der Waals surface area contributed by atoms with Crippen LogP contribution < -0.4 is 20.8 Å². The molecule has 51 heavy (non-hydrogen) atoms. The molecule has 0 fully saturated rings. The Labute approximate surface area is 355 Å². The van der Waals surface area contributed by atoms with Crippen LogP contribution in [0.4, 0.5) is 0 Å². The van der Waals surface area contributed by atoms with Crippen molar-refractivity contribution < 1.29 is 29.4 Å². The van der Waals surface area contributed by atoms with Crippen molar-refractivity contribution in [1.29, 1.82) is 0 Å². The molecule has 0 aliphatic carbocycles. The summed E-state index contributed by atoms with van der Waals surface area (Å²) in [4.78, 5) is 43.3. The predicted octanol–water partition coefficient (Wildman–Crippen LogP) is 8.63. The van der Waals surface area contributed by atoms with Crippen molar-refractivity contribution in [3.8, 4) is 0 Å². The second-order valence-electron chi connectivity index (χ2n) is 14.3. The number of hydrogen-bond donors (Lipinski definition) is 2. The largest absolute Gasteiger partial charge is 2.00 e. The number of hydrogen-bond acceptors (Lipinski definition) is 6. The first-order chi connectivity index (χ1) is 24.3. The summed E-state index contributed by atoms with van der Waals surface area (Å²) in [5.41, 5.74) is 0. The van der Waals surface area contributed by atoms with Crippen LogP contribution in [0.5, 0.6) is 0 Å². The van der Waals surface area contributed by atoms with Crippen molar-refractivity contribution in [2.24, 2.45) is 0 Å². The van der Waals surface area contributed by atoms with Gasteiger partial charge in [-0.15, -0.1) is 0 Å². The Hall–Kier alpha value is -0.549. The van der Waals surface area contributed by atoms with E-state index in [-0.39, 0.29) is 86.6 Å². The van der Waals surface area contributed by atoms with Gasteiger partial charge in [-0.1, -0.05) is 194 Å². The van der Waals surface area contributed by atoms with E-state index in [1.54, 1.807) is 0 Å². The van der Waals surface area contributed by atoms with Gasteiger partial charge in [0.25, 0.3) is 0 Å². The number of amides is 2. The van der Waals surface area contributed by atoms with E-state index in [1.165, 1.54) is 167 Å². The Morgan fingerprint density at radius 1 is 0.333 bits per heavy atom. The van der Waals surface area contributed by atoms with Gasteiger partial charge in [0.2, 0.25) is 11.8 Å². The van der Waals surface area contributed by atoms with Crippen LogP contribution in [0.2, 0.25) is 0 Å². The van der Waals surface area contributed by atoms with Crippen LogP contribution in [0.3, 0.4) is 0 Å². The fourth-order valence-corrected chi connectivity index (χ4v) is 6.10. The fraction of sp³-hybridized carbons (Fsp3) is 0.905. The zero-order chi connectivity index (χ0) is 37.2. The van der Waals surface area contributed by atoms with Crippen molar-refractivity contribution in [2.45, 2.75) is 232 Å². The van der Waals surface area contributed by atoms with Crippen LogP contribution in [0, 0.1) is 0 Å². The minimum absolute atomic E-state index is 0. The maximum atomic E-state index is 11.4. The Bertz CT molecular complexity index is 706. The molecular formula is C42H80BaN2O6. The molecule has 0 bridgehead atoms. The number of rotatable bonds is 38. The Morgan fingerprint density at radius 2 is 0.529 bits per heavy atom. The van der Waals surface area contributed by atoms with Crippen LogP contribution in [0.25, 0.3) is 0 Å². The van der Waals surface area contributed by atoms with E-state index in [2.05, 4.69) is 24.5 Å². The molecule has 2 amide bonds. The Balaban J connectivity index is -0.000000886. The number of carboxylic acids is 2. The van der Waals surface area contributed by atoms with Gasteiger partial charge in [0.1, 0.15) is 0 Å². The normalized spacial score (nSPS) is 10.5. The van der Waals surface area contributed by atoms with Gasteiger partial charge in [-0.05, 0) is 12.8 Å². The summed E-state index contributed by atoms with van der Waals surface area (Å²) >= 11 is 0. The molecule has 9 heteroatoms. The zero-order valence-corrected chi connectivity index (χ0v) is 38.1. The third kappa shape index (κ3) is 53.9. The van der Waals surface area contributed by atoms with Crippen molar-refractivity contribution in [3.05, 3.63) is 0 Å². The van der Waals surface area contributed by atoms with Crippen molar-refractivity contribution in [3.63, 3.8) is 0 Å². The van der Waals surface area contributed by atoms with E-state index in [9.17, 15) is 29.4 Å². The number of unbranched alkanes of at least 4 members (excludes halogenated alkanes) is 28. The molecule has 0 aromatic rings. The van der Waals surface area contributed by atoms with E-state index in [0.717, 1.165) is 25.7 Å². The smallest absolute Gasteiger partial charge is 0.550 e. The predicted molar refractivity (Wildman–Crippen MR) is 210 cm³/mol. The van der Waals surface area contributed by atoms with Crippen molar-refractivity contribution in [1.82, 2.24) is 10.6 Å². The summed E-state index contributed by atoms with van der Waals surface area (Å²) in [6.45, 7) is 4.89. The maximum absolute atomic E-state index is 11.4. The molecule has 296 valence electrons. The number of carboxylic acid groups (broad SMARTS) is 2. The van der Waals surface area contributed by atoms with Gasteiger partial charge in [-0.25, -0.2) is 0 Å². The average molecular weight is 846 g/mol. The van der Waals surface area contributed by atoms with E-state index < -0.39 is 11.9 Å². The fourth-order valence-electron chi connectivity index (χ4n) is 6.10. The number of aliphatic carboxylic acids is 2. The average Bonchev–Trinajstić information content (AvgIpc) is 3.08. The minimum atomic E-state index is -1.12. The van der Waals surface area contributed by atoms with E-state index in [4.69, 9.17) is 0 Å². The van der Waals surface area contributed by atoms with Crippen molar-refractivity contribution >= 4 is 72.6 Å². The molecule has 0 rings (SSSR count). The minimum Gasteiger partial charge on any atom is -0.550 e. The van der Waals surface area contributed by atoms with Gasteiger partial charge in [-0.2, -0.15) is 0 Å². The first-order valence-electron chi connectivity index (χ1n) is 21.3. The van der Waals surface area contributed by atoms with Gasteiger partial charge in [0.15, 0.2) is 0 Å². The summed E-state index contributed by atoms with van der Waals surface area (Å²) in [5, 5.41) is 25.7. The molecule has 0 aliphatic rings. The molecule has 2 N–H and O–H groups in total. The molecule has 0 radical (unpaired) electrons. The van der Waals surface area contributed by atoms with E-state index in [0.29, 0.717) is 12.8 Å². The molecular weight excluding hydrogens is 766 g/mol. The summed E-state index contributed by atoms with van der Waals surface area (Å²) in [5.74, 6) is -2.33. The summed E-state index contributed by atoms with van der Waals surface area (Å²) in [6.07, 6.45) is 40.1. The molecule has 0 saturated carbocycles. The van der Waals surface area contributed by atoms with Crippen LogP contribution in [0.1, 0.15) is 232 Å². The molecule has 0 heterocycles. The van der Waals surface area contributed by atoms with E-state index in [1.807, 2.05) is 0 Å². The van der Waals surface area contributed by atoms with Gasteiger partial charge in [0.05, 0.1) is 0 Å². The molecule has 0 atom stereocenters. The number of carbonyl (C=O) groups is 4. The molecule has 0 unspecified atom stereocenters. The molecule has 0 aromatic heterocycles. The third-order valence-electron chi connectivity index (χ3n) is 9.32. The molecule has 0 aliphatic heterocycles. The molecule has 0 saturated heterocycles. The second-order valence-corrected chi connectivity index (χ2v) is 14.3. The SMILES string of the molecule is CCCCCCCCCCCCCCCCCC(=O)NCCC(=O)[O-].CCCCCCCCCCCCCCCCCC(=O)NCCC(=O)[O-].[Ba+2]. The molecule has 0 aromatic carbocycles. The third-order valence-corrected chi connectivity index (χ3v) is 9.32. The zero-order valence-electron chi connectivity index (χ0n) is 33.6.